The van der Waals surface area contributed by atoms with E-state index in [9.17, 15) is 21.6 Å². The van der Waals surface area contributed by atoms with E-state index in [-0.39, 0.29) is 35.3 Å². The zero-order chi connectivity index (χ0) is 34.9. The van der Waals surface area contributed by atoms with Crippen molar-refractivity contribution >= 4 is 42.8 Å². The molecular formula is C29H40N6O9S2. The summed E-state index contributed by atoms with van der Waals surface area (Å²) in [5.41, 5.74) is 11.6. The van der Waals surface area contributed by atoms with Crippen LogP contribution in [0.2, 0.25) is 0 Å². The number of carbonyl (C=O) groups is 1. The summed E-state index contributed by atoms with van der Waals surface area (Å²) in [5.74, 6) is 0.309. The standard InChI is InChI=1S/C22H32N4O6S.C7H8O3S.N2/c1-4-5-11-32-21(27)18(7-6-10-25-22(23)24)26-33(28,29)17-9-8-15-13-19(30-2)20(31-3)14-16(15)12-17;1-6-2-4-7(5-3-6)11(8,9)10;1-2/h8-9,12-14,18,26H,4-7,10-11H2,1-3H3,(H4,23,24,25);2-5H,1H3,(H,8,9,10);/t18-;;/m0../s1. The van der Waals surface area contributed by atoms with Gasteiger partial charge in [-0.3, -0.25) is 14.3 Å². The van der Waals surface area contributed by atoms with E-state index in [4.69, 9.17) is 41.0 Å². The lowest BCUT2D eigenvalue weighted by Crippen LogP contribution is -2.42. The Labute approximate surface area is 269 Å². The van der Waals surface area contributed by atoms with E-state index in [1.807, 2.05) is 13.8 Å². The molecule has 1 atom stereocenters. The minimum atomic E-state index is -4.02. The van der Waals surface area contributed by atoms with Gasteiger partial charge >= 0.3 is 5.97 Å². The van der Waals surface area contributed by atoms with E-state index in [2.05, 4.69) is 9.71 Å². The van der Waals surface area contributed by atoms with E-state index >= 15 is 0 Å². The van der Waals surface area contributed by atoms with Crippen LogP contribution in [0, 0.1) is 17.7 Å². The molecule has 252 valence electrons. The summed E-state index contributed by atoms with van der Waals surface area (Å²) in [6.45, 7) is 4.29. The Bertz CT molecular complexity index is 1690. The number of carbonyl (C=O) groups excluding carboxylic acids is 1. The number of aryl methyl sites for hydroxylation is 1. The van der Waals surface area contributed by atoms with Crippen LogP contribution < -0.4 is 25.7 Å². The average molecular weight is 681 g/mol. The van der Waals surface area contributed by atoms with E-state index in [1.165, 1.54) is 38.5 Å². The van der Waals surface area contributed by atoms with Crippen molar-refractivity contribution in [3.05, 3.63) is 60.2 Å². The molecule has 0 radical (unpaired) electrons. The van der Waals surface area contributed by atoms with Crippen molar-refractivity contribution in [1.29, 1.82) is 10.8 Å². The predicted molar refractivity (Wildman–Crippen MR) is 171 cm³/mol. The SMILES string of the molecule is CCCCOC(=O)[C@H](CCCN=C(N)N)NS(=O)(=O)c1ccc2cc(OC)c(OC)cc2c1.Cc1ccc(S(=O)(=O)O)cc1.N#N. The molecule has 0 amide bonds. The Kier molecular flexibility index (Phi) is 16.4. The number of fused-ring (bicyclic) bond motifs is 1. The third-order valence-corrected chi connectivity index (χ3v) is 8.55. The lowest BCUT2D eigenvalue weighted by Gasteiger charge is -2.18. The van der Waals surface area contributed by atoms with Gasteiger partial charge in [0.05, 0.1) is 30.6 Å². The molecule has 0 fully saturated rings. The van der Waals surface area contributed by atoms with Crippen LogP contribution in [0.5, 0.6) is 11.5 Å². The van der Waals surface area contributed by atoms with Crippen LogP contribution in [0.25, 0.3) is 10.8 Å². The van der Waals surface area contributed by atoms with Crippen LogP contribution in [-0.2, 0) is 29.7 Å². The summed E-state index contributed by atoms with van der Waals surface area (Å²) in [5, 5.41) is 13.4. The molecule has 3 aromatic carbocycles. The van der Waals surface area contributed by atoms with Gasteiger partial charge in [-0.1, -0.05) is 37.1 Å². The Hall–Kier alpha value is -4.50. The van der Waals surface area contributed by atoms with E-state index in [1.54, 1.807) is 30.3 Å². The second-order valence-electron chi connectivity index (χ2n) is 9.65. The molecule has 0 aromatic heterocycles. The highest BCUT2D eigenvalue weighted by Gasteiger charge is 2.27. The number of benzene rings is 3. The van der Waals surface area contributed by atoms with E-state index in [0.717, 1.165) is 17.4 Å². The second kappa shape index (κ2) is 19.1. The summed E-state index contributed by atoms with van der Waals surface area (Å²) in [7, 11) is -5.01. The molecule has 0 bridgehead atoms. The Balaban J connectivity index is 0.000000679. The summed E-state index contributed by atoms with van der Waals surface area (Å²) < 4.78 is 74.1. The molecule has 0 spiro atoms. The summed E-state index contributed by atoms with van der Waals surface area (Å²) in [4.78, 5) is 16.4. The van der Waals surface area contributed by atoms with Gasteiger partial charge in [-0.05, 0) is 73.4 Å². The first-order chi connectivity index (χ1) is 21.7. The van der Waals surface area contributed by atoms with Crippen LogP contribution in [-0.4, -0.2) is 66.7 Å². The van der Waals surface area contributed by atoms with Crippen molar-refractivity contribution in [2.45, 2.75) is 55.4 Å². The highest BCUT2D eigenvalue weighted by molar-refractivity contribution is 7.89. The van der Waals surface area contributed by atoms with Gasteiger partial charge < -0.3 is 25.7 Å². The number of ether oxygens (including phenoxy) is 3. The number of guanidine groups is 1. The zero-order valence-corrected chi connectivity index (χ0v) is 27.7. The molecule has 6 N–H and O–H groups in total. The van der Waals surface area contributed by atoms with Gasteiger partial charge in [0.15, 0.2) is 17.5 Å². The molecule has 0 aliphatic heterocycles. The number of nitrogens with zero attached hydrogens (tertiary/aromatic N) is 3. The minimum Gasteiger partial charge on any atom is -0.493 e. The van der Waals surface area contributed by atoms with Gasteiger partial charge in [-0.25, -0.2) is 8.42 Å². The van der Waals surface area contributed by atoms with Crippen molar-refractivity contribution in [3.63, 3.8) is 0 Å². The molecule has 3 aromatic rings. The lowest BCUT2D eigenvalue weighted by atomic mass is 10.1. The van der Waals surface area contributed by atoms with Crippen LogP contribution in [0.1, 0.15) is 38.2 Å². The van der Waals surface area contributed by atoms with Crippen LogP contribution in [0.15, 0.2) is 69.4 Å². The van der Waals surface area contributed by atoms with Crippen molar-refractivity contribution < 1.29 is 40.4 Å². The number of unbranched alkanes of at least 4 members (excludes halogenated alkanes) is 1. The highest BCUT2D eigenvalue weighted by Crippen LogP contribution is 2.33. The van der Waals surface area contributed by atoms with Gasteiger partial charge in [0.2, 0.25) is 10.0 Å². The first-order valence-corrected chi connectivity index (χ1v) is 16.8. The summed E-state index contributed by atoms with van der Waals surface area (Å²) >= 11 is 0. The minimum absolute atomic E-state index is 0.0119. The second-order valence-corrected chi connectivity index (χ2v) is 12.8. The van der Waals surface area contributed by atoms with Crippen molar-refractivity contribution in [3.8, 4) is 11.5 Å². The quantitative estimate of drug-likeness (QED) is 0.0477. The number of sulfonamides is 1. The molecule has 0 heterocycles. The fraction of sp³-hybridized carbons (Fsp3) is 0.379. The number of nitrogens with one attached hydrogen (secondary N) is 1. The number of hydrogen-bond donors (Lipinski definition) is 4. The van der Waals surface area contributed by atoms with E-state index in [0.29, 0.717) is 29.7 Å². The Morgan fingerprint density at radius 3 is 2.00 bits per heavy atom. The van der Waals surface area contributed by atoms with Gasteiger partial charge in [0.1, 0.15) is 6.04 Å². The predicted octanol–water partition coefficient (Wildman–Crippen LogP) is 3.17. The normalized spacial score (nSPS) is 11.5. The van der Waals surface area contributed by atoms with Gasteiger partial charge in [-0.15, -0.1) is 0 Å². The Morgan fingerprint density at radius 2 is 1.48 bits per heavy atom. The zero-order valence-electron chi connectivity index (χ0n) is 26.0. The van der Waals surface area contributed by atoms with Crippen LogP contribution in [0.3, 0.4) is 0 Å². The molecular weight excluding hydrogens is 640 g/mol. The van der Waals surface area contributed by atoms with E-state index < -0.39 is 32.2 Å². The van der Waals surface area contributed by atoms with Gasteiger partial charge in [-0.2, -0.15) is 13.1 Å². The summed E-state index contributed by atoms with van der Waals surface area (Å²) in [6, 6.07) is 13.0. The number of aliphatic imine (C=N–C) groups is 1. The molecule has 0 saturated heterocycles. The van der Waals surface area contributed by atoms with Crippen LogP contribution >= 0.6 is 0 Å². The maximum absolute atomic E-state index is 13.1. The molecule has 3 rings (SSSR count). The largest absolute Gasteiger partial charge is 0.493 e. The molecule has 15 nitrogen and oxygen atoms in total. The topological polar surface area (TPSA) is 257 Å². The fourth-order valence-electron chi connectivity index (χ4n) is 3.83. The molecule has 46 heavy (non-hydrogen) atoms. The number of hydrogen-bond acceptors (Lipinski definition) is 11. The first kappa shape index (κ1) is 39.5. The van der Waals surface area contributed by atoms with Gasteiger partial charge in [0.25, 0.3) is 10.1 Å². The third-order valence-electron chi connectivity index (χ3n) is 6.21. The molecule has 0 aliphatic carbocycles. The highest BCUT2D eigenvalue weighted by atomic mass is 32.2. The number of nitrogens with two attached hydrogens (primary N) is 2. The maximum atomic E-state index is 13.1. The van der Waals surface area contributed by atoms with Crippen molar-refractivity contribution in [2.75, 3.05) is 27.4 Å². The lowest BCUT2D eigenvalue weighted by molar-refractivity contribution is -0.146. The first-order valence-electron chi connectivity index (χ1n) is 13.9. The molecule has 0 aliphatic rings. The van der Waals surface area contributed by atoms with Gasteiger partial charge in [0, 0.05) is 17.3 Å². The molecule has 17 heteroatoms. The smallest absolute Gasteiger partial charge is 0.324 e. The van der Waals surface area contributed by atoms with Crippen molar-refractivity contribution in [2.24, 2.45) is 16.5 Å². The van der Waals surface area contributed by atoms with Crippen molar-refractivity contribution in [1.82, 2.24) is 4.72 Å². The monoisotopic (exact) mass is 680 g/mol. The number of methoxy groups -OCH3 is 2. The number of esters is 1. The molecule has 0 saturated carbocycles. The fourth-order valence-corrected chi connectivity index (χ4v) is 5.57. The Morgan fingerprint density at radius 1 is 0.913 bits per heavy atom. The maximum Gasteiger partial charge on any atom is 0.324 e. The summed E-state index contributed by atoms with van der Waals surface area (Å²) in [6.07, 6.45) is 2.11. The third kappa shape index (κ3) is 12.9. The van der Waals surface area contributed by atoms with Crippen LogP contribution in [0.4, 0.5) is 0 Å². The number of rotatable bonds is 14. The average Bonchev–Trinajstić information content (AvgIpc) is 3.02. The molecule has 0 unspecified atom stereocenters.